The summed E-state index contributed by atoms with van der Waals surface area (Å²) in [5.41, 5.74) is 0.870. The molecule has 96 valence electrons. The van der Waals surface area contributed by atoms with Gasteiger partial charge in [-0.25, -0.2) is 4.39 Å². The van der Waals surface area contributed by atoms with Gasteiger partial charge in [-0.15, -0.1) is 0 Å². The Morgan fingerprint density at radius 2 is 2.16 bits per heavy atom. The van der Waals surface area contributed by atoms with Gasteiger partial charge in [0.25, 0.3) is 5.56 Å². The molecule has 1 aromatic carbocycles. The molecule has 0 N–H and O–H groups in total. The lowest BCUT2D eigenvalue weighted by Gasteiger charge is -2.10. The Bertz CT molecular complexity index is 701. The number of hydrogen-bond acceptors (Lipinski definition) is 3. The molecule has 0 unspecified atom stereocenters. The zero-order valence-corrected chi connectivity index (χ0v) is 10.3. The van der Waals surface area contributed by atoms with Crippen LogP contribution in [0.5, 0.6) is 5.75 Å². The summed E-state index contributed by atoms with van der Waals surface area (Å²) in [6.07, 6.45) is 1.14. The van der Waals surface area contributed by atoms with Crippen LogP contribution in [0.15, 0.2) is 41.3 Å². The van der Waals surface area contributed by atoms with E-state index < -0.39 is 5.82 Å². The van der Waals surface area contributed by atoms with Gasteiger partial charge in [-0.1, -0.05) is 6.07 Å². The van der Waals surface area contributed by atoms with Crippen molar-refractivity contribution in [2.75, 3.05) is 7.11 Å². The van der Waals surface area contributed by atoms with Crippen molar-refractivity contribution < 1.29 is 9.13 Å². The van der Waals surface area contributed by atoms with Crippen molar-refractivity contribution in [3.05, 3.63) is 63.8 Å². The SMILES string of the molecule is COc1cc(C#N)ccc1Cn1cc(F)ccc1=O. The number of nitriles is 1. The first-order chi connectivity index (χ1) is 9.13. The molecule has 0 fully saturated rings. The minimum Gasteiger partial charge on any atom is -0.496 e. The largest absolute Gasteiger partial charge is 0.496 e. The number of rotatable bonds is 3. The fourth-order valence-electron chi connectivity index (χ4n) is 1.75. The van der Waals surface area contributed by atoms with Crippen LogP contribution in [0.25, 0.3) is 0 Å². The maximum Gasteiger partial charge on any atom is 0.251 e. The molecule has 1 aromatic heterocycles. The molecule has 19 heavy (non-hydrogen) atoms. The summed E-state index contributed by atoms with van der Waals surface area (Å²) in [4.78, 5) is 11.6. The minimum atomic E-state index is -0.479. The summed E-state index contributed by atoms with van der Waals surface area (Å²) >= 11 is 0. The standard InChI is InChI=1S/C14H11FN2O2/c1-19-13-6-10(7-16)2-3-11(13)8-17-9-12(15)4-5-14(17)18/h2-6,9H,8H2,1H3. The number of halogens is 1. The van der Waals surface area contributed by atoms with E-state index in [2.05, 4.69) is 0 Å². The van der Waals surface area contributed by atoms with Crippen LogP contribution in [-0.4, -0.2) is 11.7 Å². The Morgan fingerprint density at radius 3 is 2.84 bits per heavy atom. The molecule has 4 nitrogen and oxygen atoms in total. The molecule has 0 radical (unpaired) electrons. The summed E-state index contributed by atoms with van der Waals surface area (Å²) in [6.45, 7) is 0.186. The van der Waals surface area contributed by atoms with Crippen molar-refractivity contribution >= 4 is 0 Å². The maximum absolute atomic E-state index is 13.1. The average molecular weight is 258 g/mol. The number of pyridine rings is 1. The zero-order chi connectivity index (χ0) is 13.8. The molecule has 0 saturated heterocycles. The number of aromatic nitrogens is 1. The van der Waals surface area contributed by atoms with Gasteiger partial charge in [0, 0.05) is 17.8 Å². The molecular weight excluding hydrogens is 247 g/mol. The van der Waals surface area contributed by atoms with E-state index in [-0.39, 0.29) is 12.1 Å². The molecule has 0 aliphatic rings. The predicted molar refractivity (Wildman–Crippen MR) is 67.5 cm³/mol. The first-order valence-corrected chi connectivity index (χ1v) is 5.57. The molecule has 0 amide bonds. The van der Waals surface area contributed by atoms with Crippen LogP contribution in [0.4, 0.5) is 4.39 Å². The Labute approximate surface area is 109 Å². The third-order valence-electron chi connectivity index (χ3n) is 2.70. The highest BCUT2D eigenvalue weighted by molar-refractivity contribution is 5.42. The molecule has 0 spiro atoms. The Hall–Kier alpha value is -2.61. The Kier molecular flexibility index (Phi) is 3.62. The number of methoxy groups -OCH3 is 1. The maximum atomic E-state index is 13.1. The van der Waals surface area contributed by atoms with Gasteiger partial charge < -0.3 is 9.30 Å². The third-order valence-corrected chi connectivity index (χ3v) is 2.70. The molecule has 0 aliphatic carbocycles. The molecular formula is C14H11FN2O2. The first-order valence-electron chi connectivity index (χ1n) is 5.57. The van der Waals surface area contributed by atoms with Gasteiger partial charge in [-0.2, -0.15) is 5.26 Å². The predicted octanol–water partition coefficient (Wildman–Crippen LogP) is 1.92. The normalized spacial score (nSPS) is 9.95. The van der Waals surface area contributed by atoms with E-state index in [4.69, 9.17) is 10.00 Å². The van der Waals surface area contributed by atoms with Crippen molar-refractivity contribution in [1.82, 2.24) is 4.57 Å². The van der Waals surface area contributed by atoms with Gasteiger partial charge in [0.1, 0.15) is 11.6 Å². The van der Waals surface area contributed by atoms with Crippen LogP contribution in [-0.2, 0) is 6.54 Å². The van der Waals surface area contributed by atoms with Crippen molar-refractivity contribution in [2.45, 2.75) is 6.54 Å². The van der Waals surface area contributed by atoms with Crippen LogP contribution in [0.3, 0.4) is 0 Å². The molecule has 5 heteroatoms. The highest BCUT2D eigenvalue weighted by Crippen LogP contribution is 2.20. The van der Waals surface area contributed by atoms with Crippen molar-refractivity contribution in [1.29, 1.82) is 5.26 Å². The lowest BCUT2D eigenvalue weighted by atomic mass is 10.1. The van der Waals surface area contributed by atoms with E-state index in [0.29, 0.717) is 16.9 Å². The molecule has 2 rings (SSSR count). The van der Waals surface area contributed by atoms with E-state index in [1.807, 2.05) is 6.07 Å². The lowest BCUT2D eigenvalue weighted by Crippen LogP contribution is -2.19. The summed E-state index contributed by atoms with van der Waals surface area (Å²) in [5.74, 6) is 0.0161. The van der Waals surface area contributed by atoms with Crippen molar-refractivity contribution in [3.63, 3.8) is 0 Å². The lowest BCUT2D eigenvalue weighted by molar-refractivity contribution is 0.407. The second-order valence-corrected chi connectivity index (χ2v) is 3.95. The molecule has 0 saturated carbocycles. The van der Waals surface area contributed by atoms with Crippen LogP contribution in [0.2, 0.25) is 0 Å². The smallest absolute Gasteiger partial charge is 0.251 e. The van der Waals surface area contributed by atoms with Gasteiger partial charge in [-0.05, 0) is 18.2 Å². The van der Waals surface area contributed by atoms with E-state index in [1.165, 1.54) is 17.7 Å². The van der Waals surface area contributed by atoms with E-state index in [1.54, 1.807) is 18.2 Å². The van der Waals surface area contributed by atoms with Crippen molar-refractivity contribution in [2.24, 2.45) is 0 Å². The minimum absolute atomic E-state index is 0.186. The highest BCUT2D eigenvalue weighted by Gasteiger charge is 2.07. The Balaban J connectivity index is 2.41. The van der Waals surface area contributed by atoms with Gasteiger partial charge >= 0.3 is 0 Å². The fourth-order valence-corrected chi connectivity index (χ4v) is 1.75. The number of benzene rings is 1. The topological polar surface area (TPSA) is 55.0 Å². The van der Waals surface area contributed by atoms with Crippen molar-refractivity contribution in [3.8, 4) is 11.8 Å². The van der Waals surface area contributed by atoms with E-state index in [9.17, 15) is 9.18 Å². The number of nitrogens with zero attached hydrogens (tertiary/aromatic N) is 2. The second kappa shape index (κ2) is 5.36. The van der Waals surface area contributed by atoms with Crippen LogP contribution in [0, 0.1) is 17.1 Å². The summed E-state index contributed by atoms with van der Waals surface area (Å²) in [7, 11) is 1.48. The van der Waals surface area contributed by atoms with Crippen LogP contribution < -0.4 is 10.3 Å². The van der Waals surface area contributed by atoms with E-state index in [0.717, 1.165) is 12.3 Å². The summed E-state index contributed by atoms with van der Waals surface area (Å²) in [5, 5.41) is 8.81. The molecule has 1 heterocycles. The highest BCUT2D eigenvalue weighted by atomic mass is 19.1. The van der Waals surface area contributed by atoms with Gasteiger partial charge in [0.2, 0.25) is 0 Å². The summed E-state index contributed by atoms with van der Waals surface area (Å²) in [6, 6.07) is 9.20. The van der Waals surface area contributed by atoms with Crippen LogP contribution in [0.1, 0.15) is 11.1 Å². The van der Waals surface area contributed by atoms with Crippen LogP contribution >= 0.6 is 0 Å². The van der Waals surface area contributed by atoms with Gasteiger partial charge in [0.05, 0.1) is 25.3 Å². The fraction of sp³-hybridized carbons (Fsp3) is 0.143. The Morgan fingerprint density at radius 1 is 1.37 bits per heavy atom. The molecule has 0 atom stereocenters. The summed E-state index contributed by atoms with van der Waals surface area (Å²) < 4.78 is 19.5. The number of hydrogen-bond donors (Lipinski definition) is 0. The first kappa shape index (κ1) is 12.8. The monoisotopic (exact) mass is 258 g/mol. The van der Waals surface area contributed by atoms with Gasteiger partial charge in [0.15, 0.2) is 0 Å². The number of ether oxygens (including phenoxy) is 1. The zero-order valence-electron chi connectivity index (χ0n) is 10.3. The second-order valence-electron chi connectivity index (χ2n) is 3.95. The quantitative estimate of drug-likeness (QED) is 0.845. The van der Waals surface area contributed by atoms with Gasteiger partial charge in [-0.3, -0.25) is 4.79 Å². The average Bonchev–Trinajstić information content (AvgIpc) is 2.43. The van der Waals surface area contributed by atoms with E-state index >= 15 is 0 Å². The third kappa shape index (κ3) is 2.80. The molecule has 0 bridgehead atoms. The molecule has 0 aliphatic heterocycles. The molecule has 2 aromatic rings.